The maximum absolute atomic E-state index is 8.86. The number of aliphatic hydroxyl groups is 1. The minimum atomic E-state index is 0.110. The molecule has 1 unspecified atom stereocenters. The number of benzene rings is 1. The molecule has 1 aliphatic heterocycles. The monoisotopic (exact) mass is 305 g/mol. The standard InChI is InChI=1S/C17H23NO2S/c1-14-13-21-10-8-18(14)12-16-11-17(20-2)7-6-15(16)5-3-4-9-19/h6-7,11,14,19H,4,8-10,12-13H2,1-2H3. The Balaban J connectivity index is 2.20. The zero-order chi connectivity index (χ0) is 15.1. The molecular formula is C17H23NO2S. The van der Waals surface area contributed by atoms with Gasteiger partial charge in [-0.3, -0.25) is 4.90 Å². The minimum Gasteiger partial charge on any atom is -0.497 e. The van der Waals surface area contributed by atoms with Crippen molar-refractivity contribution in [2.24, 2.45) is 0 Å². The molecule has 0 radical (unpaired) electrons. The number of ether oxygens (including phenoxy) is 1. The van der Waals surface area contributed by atoms with Crippen molar-refractivity contribution >= 4 is 11.8 Å². The topological polar surface area (TPSA) is 32.7 Å². The van der Waals surface area contributed by atoms with E-state index in [4.69, 9.17) is 9.84 Å². The summed E-state index contributed by atoms with van der Waals surface area (Å²) < 4.78 is 5.34. The van der Waals surface area contributed by atoms with E-state index in [-0.39, 0.29) is 6.61 Å². The summed E-state index contributed by atoms with van der Waals surface area (Å²) in [6.07, 6.45) is 0.516. The summed E-state index contributed by atoms with van der Waals surface area (Å²) in [5.74, 6) is 9.44. The van der Waals surface area contributed by atoms with Crippen LogP contribution in [0.3, 0.4) is 0 Å². The van der Waals surface area contributed by atoms with E-state index in [0.29, 0.717) is 12.5 Å². The maximum atomic E-state index is 8.86. The van der Waals surface area contributed by atoms with Crippen LogP contribution in [0.15, 0.2) is 18.2 Å². The first-order valence-electron chi connectivity index (χ1n) is 7.33. The molecule has 1 atom stereocenters. The van der Waals surface area contributed by atoms with Gasteiger partial charge in [0.05, 0.1) is 13.7 Å². The zero-order valence-electron chi connectivity index (χ0n) is 12.8. The highest BCUT2D eigenvalue weighted by Crippen LogP contribution is 2.23. The Hall–Kier alpha value is -1.15. The lowest BCUT2D eigenvalue weighted by Crippen LogP contribution is -2.39. The Kier molecular flexibility index (Phi) is 6.44. The average Bonchev–Trinajstić information content (AvgIpc) is 2.51. The summed E-state index contributed by atoms with van der Waals surface area (Å²) >= 11 is 2.02. The highest BCUT2D eigenvalue weighted by atomic mass is 32.2. The van der Waals surface area contributed by atoms with Gasteiger partial charge in [-0.05, 0) is 30.7 Å². The van der Waals surface area contributed by atoms with Crippen LogP contribution in [-0.2, 0) is 6.54 Å². The van der Waals surface area contributed by atoms with Crippen LogP contribution in [0.25, 0.3) is 0 Å². The fourth-order valence-electron chi connectivity index (χ4n) is 2.38. The van der Waals surface area contributed by atoms with Gasteiger partial charge in [-0.25, -0.2) is 0 Å². The van der Waals surface area contributed by atoms with Crippen LogP contribution in [0.5, 0.6) is 5.75 Å². The molecular weight excluding hydrogens is 282 g/mol. The Morgan fingerprint density at radius 2 is 2.33 bits per heavy atom. The van der Waals surface area contributed by atoms with Crippen LogP contribution >= 0.6 is 11.8 Å². The molecule has 3 nitrogen and oxygen atoms in total. The molecule has 21 heavy (non-hydrogen) atoms. The summed E-state index contributed by atoms with van der Waals surface area (Å²) in [5, 5.41) is 8.86. The normalized spacial score (nSPS) is 18.9. The smallest absolute Gasteiger partial charge is 0.119 e. The van der Waals surface area contributed by atoms with Gasteiger partial charge >= 0.3 is 0 Å². The second-order valence-corrected chi connectivity index (χ2v) is 6.34. The van der Waals surface area contributed by atoms with E-state index in [1.165, 1.54) is 17.1 Å². The number of rotatable bonds is 4. The van der Waals surface area contributed by atoms with Gasteiger partial charge in [0.1, 0.15) is 5.75 Å². The number of nitrogens with zero attached hydrogens (tertiary/aromatic N) is 1. The Morgan fingerprint density at radius 1 is 1.48 bits per heavy atom. The van der Waals surface area contributed by atoms with E-state index < -0.39 is 0 Å². The van der Waals surface area contributed by atoms with Gasteiger partial charge in [0, 0.05) is 42.6 Å². The van der Waals surface area contributed by atoms with Crippen molar-refractivity contribution in [3.63, 3.8) is 0 Å². The van der Waals surface area contributed by atoms with Gasteiger partial charge in [-0.2, -0.15) is 11.8 Å². The molecule has 4 heteroatoms. The average molecular weight is 305 g/mol. The molecule has 1 saturated heterocycles. The van der Waals surface area contributed by atoms with Gasteiger partial charge in [0.2, 0.25) is 0 Å². The number of hydrogen-bond donors (Lipinski definition) is 1. The summed E-state index contributed by atoms with van der Waals surface area (Å²) in [5.41, 5.74) is 2.24. The molecule has 1 heterocycles. The molecule has 1 aromatic carbocycles. The minimum absolute atomic E-state index is 0.110. The number of aliphatic hydroxyl groups excluding tert-OH is 1. The Morgan fingerprint density at radius 3 is 3.05 bits per heavy atom. The van der Waals surface area contributed by atoms with Crippen molar-refractivity contribution in [1.82, 2.24) is 4.90 Å². The first-order chi connectivity index (χ1) is 10.2. The van der Waals surface area contributed by atoms with Gasteiger partial charge in [0.15, 0.2) is 0 Å². The molecule has 0 spiro atoms. The van der Waals surface area contributed by atoms with Crippen LogP contribution < -0.4 is 4.74 Å². The third kappa shape index (κ3) is 4.67. The molecule has 1 aliphatic rings. The summed E-state index contributed by atoms with van der Waals surface area (Å²) in [6.45, 7) is 4.41. The quantitative estimate of drug-likeness (QED) is 0.866. The van der Waals surface area contributed by atoms with E-state index in [0.717, 1.165) is 24.4 Å². The van der Waals surface area contributed by atoms with Crippen LogP contribution in [0.2, 0.25) is 0 Å². The van der Waals surface area contributed by atoms with E-state index in [1.807, 2.05) is 23.9 Å². The van der Waals surface area contributed by atoms with Crippen molar-refractivity contribution in [1.29, 1.82) is 0 Å². The number of methoxy groups -OCH3 is 1. The van der Waals surface area contributed by atoms with Crippen LogP contribution in [0, 0.1) is 11.8 Å². The predicted molar refractivity (Wildman–Crippen MR) is 88.8 cm³/mol. The van der Waals surface area contributed by atoms with E-state index in [1.54, 1.807) is 7.11 Å². The Bertz CT molecular complexity index is 521. The second kappa shape index (κ2) is 8.33. The third-order valence-electron chi connectivity index (χ3n) is 3.65. The number of hydrogen-bond acceptors (Lipinski definition) is 4. The van der Waals surface area contributed by atoms with Crippen molar-refractivity contribution in [2.45, 2.75) is 25.9 Å². The zero-order valence-corrected chi connectivity index (χ0v) is 13.6. The first-order valence-corrected chi connectivity index (χ1v) is 8.48. The lowest BCUT2D eigenvalue weighted by molar-refractivity contribution is 0.223. The lowest BCUT2D eigenvalue weighted by Gasteiger charge is -2.33. The van der Waals surface area contributed by atoms with Crippen molar-refractivity contribution < 1.29 is 9.84 Å². The molecule has 114 valence electrons. The molecule has 1 fully saturated rings. The van der Waals surface area contributed by atoms with Crippen molar-refractivity contribution in [3.8, 4) is 17.6 Å². The molecule has 0 aliphatic carbocycles. The molecule has 0 aromatic heterocycles. The molecule has 1 N–H and O–H groups in total. The van der Waals surface area contributed by atoms with Gasteiger partial charge < -0.3 is 9.84 Å². The molecule has 2 rings (SSSR count). The molecule has 0 saturated carbocycles. The molecule has 0 bridgehead atoms. The highest BCUT2D eigenvalue weighted by molar-refractivity contribution is 7.99. The largest absolute Gasteiger partial charge is 0.497 e. The summed E-state index contributed by atoms with van der Waals surface area (Å²) in [7, 11) is 1.69. The van der Waals surface area contributed by atoms with Gasteiger partial charge in [0.25, 0.3) is 0 Å². The van der Waals surface area contributed by atoms with E-state index >= 15 is 0 Å². The third-order valence-corrected chi connectivity index (χ3v) is 4.84. The highest BCUT2D eigenvalue weighted by Gasteiger charge is 2.19. The van der Waals surface area contributed by atoms with Crippen molar-refractivity contribution in [3.05, 3.63) is 29.3 Å². The fraction of sp³-hybridized carbons (Fsp3) is 0.529. The van der Waals surface area contributed by atoms with Crippen LogP contribution in [-0.4, -0.2) is 47.8 Å². The summed E-state index contributed by atoms with van der Waals surface area (Å²) in [4.78, 5) is 2.50. The van der Waals surface area contributed by atoms with E-state index in [9.17, 15) is 0 Å². The molecule has 0 amide bonds. The fourth-order valence-corrected chi connectivity index (χ4v) is 3.46. The van der Waals surface area contributed by atoms with Crippen molar-refractivity contribution in [2.75, 3.05) is 31.8 Å². The number of thioether (sulfide) groups is 1. The SMILES string of the molecule is COc1ccc(C#CCCO)c(CN2CCSCC2C)c1. The van der Waals surface area contributed by atoms with Gasteiger partial charge in [-0.1, -0.05) is 11.8 Å². The maximum Gasteiger partial charge on any atom is 0.119 e. The summed E-state index contributed by atoms with van der Waals surface area (Å²) in [6, 6.07) is 6.63. The second-order valence-electron chi connectivity index (χ2n) is 5.19. The predicted octanol–water partition coefficient (Wildman–Crippen LogP) is 2.37. The van der Waals surface area contributed by atoms with Crippen LogP contribution in [0.1, 0.15) is 24.5 Å². The van der Waals surface area contributed by atoms with Crippen LogP contribution in [0.4, 0.5) is 0 Å². The van der Waals surface area contributed by atoms with Gasteiger partial charge in [-0.15, -0.1) is 0 Å². The lowest BCUT2D eigenvalue weighted by atomic mass is 10.1. The first kappa shape index (κ1) is 16.2. The Labute approximate surface area is 131 Å². The van der Waals surface area contributed by atoms with E-state index in [2.05, 4.69) is 29.7 Å². The molecule has 1 aromatic rings.